The van der Waals surface area contributed by atoms with Crippen LogP contribution in [0.1, 0.15) is 65.2 Å². The monoisotopic (exact) mass is 297 g/mol. The van der Waals surface area contributed by atoms with Gasteiger partial charge in [0.1, 0.15) is 11.1 Å². The van der Waals surface area contributed by atoms with Gasteiger partial charge in [-0.15, -0.1) is 0 Å². The van der Waals surface area contributed by atoms with Gasteiger partial charge in [-0.3, -0.25) is 0 Å². The maximum absolute atomic E-state index is 11.4. The molecule has 0 rings (SSSR count). The van der Waals surface area contributed by atoms with Crippen molar-refractivity contribution in [3.63, 3.8) is 0 Å². The van der Waals surface area contributed by atoms with Crippen molar-refractivity contribution >= 4 is 30.5 Å². The zero-order chi connectivity index (χ0) is 13.8. The average Bonchev–Trinajstić information content (AvgIpc) is 2.29. The Labute approximate surface area is 121 Å². The minimum atomic E-state index is -1.58. The molecule has 107 valence electrons. The third-order valence-electron chi connectivity index (χ3n) is 2.59. The molecule has 2 atom stereocenters. The number of alkyl halides is 2. The van der Waals surface area contributed by atoms with Crippen molar-refractivity contribution in [2.75, 3.05) is 0 Å². The molecule has 0 aliphatic heterocycles. The van der Waals surface area contributed by atoms with Gasteiger partial charge in [0.2, 0.25) is 0 Å². The second kappa shape index (κ2) is 12.6. The van der Waals surface area contributed by atoms with Crippen molar-refractivity contribution in [3.05, 3.63) is 0 Å². The molecule has 0 saturated carbocycles. The lowest BCUT2D eigenvalue weighted by Gasteiger charge is -2.15. The van der Waals surface area contributed by atoms with Crippen LogP contribution in [0.5, 0.6) is 0 Å². The Bertz CT molecular complexity index is 169. The number of hydrogen-bond donors (Lipinski definition) is 0. The van der Waals surface area contributed by atoms with Crippen LogP contribution in [0.2, 0.25) is 0 Å². The highest BCUT2D eigenvalue weighted by atomic mass is 35.5. The lowest BCUT2D eigenvalue weighted by molar-refractivity contribution is 0.0791. The molecule has 0 bridgehead atoms. The molecule has 0 aliphatic carbocycles. The predicted molar refractivity (Wildman–Crippen MR) is 76.2 cm³/mol. The summed E-state index contributed by atoms with van der Waals surface area (Å²) >= 11 is 11.8. The van der Waals surface area contributed by atoms with E-state index in [1.807, 2.05) is 0 Å². The fourth-order valence-corrected chi connectivity index (χ4v) is 2.00. The van der Waals surface area contributed by atoms with E-state index in [1.54, 1.807) is 0 Å². The van der Waals surface area contributed by atoms with E-state index >= 15 is 0 Å². The highest BCUT2D eigenvalue weighted by Crippen LogP contribution is 2.15. The van der Waals surface area contributed by atoms with Crippen LogP contribution in [-0.2, 0) is 14.3 Å². The van der Waals surface area contributed by atoms with Gasteiger partial charge in [-0.05, 0) is 25.7 Å². The minimum Gasteiger partial charge on any atom is -0.368 e. The highest BCUT2D eigenvalue weighted by molar-refractivity contribution is 6.37. The summed E-state index contributed by atoms with van der Waals surface area (Å²) in [7, 11) is -1.58. The van der Waals surface area contributed by atoms with Crippen LogP contribution in [-0.4, -0.2) is 18.4 Å². The Hall–Kier alpha value is 0.525. The maximum atomic E-state index is 11.4. The summed E-state index contributed by atoms with van der Waals surface area (Å²) in [5.74, 6) is 0. The van der Waals surface area contributed by atoms with E-state index in [0.717, 1.165) is 38.5 Å². The van der Waals surface area contributed by atoms with Crippen molar-refractivity contribution in [3.8, 4) is 0 Å². The Kier molecular flexibility index (Phi) is 12.9. The topological polar surface area (TPSA) is 38.4 Å². The minimum absolute atomic E-state index is 0.585. The number of halogens is 2. The number of rotatable bonds is 12. The first-order chi connectivity index (χ1) is 8.60. The Morgan fingerprint density at radius 1 is 0.889 bits per heavy atom. The van der Waals surface area contributed by atoms with E-state index in [1.165, 1.54) is 0 Å². The summed E-state index contributed by atoms with van der Waals surface area (Å²) in [4.78, 5) is 0. The third kappa shape index (κ3) is 11.6. The van der Waals surface area contributed by atoms with Gasteiger partial charge in [0.25, 0.3) is 0 Å². The molecular formula is C12H24BCl2O3. The molecule has 0 aromatic heterocycles. The van der Waals surface area contributed by atoms with E-state index < -0.39 is 18.4 Å². The maximum Gasteiger partial charge on any atom is 0.669 e. The molecule has 0 aliphatic rings. The second-order valence-corrected chi connectivity index (χ2v) is 5.35. The molecule has 0 aromatic rings. The SMILES string of the molecule is CCCCCC(Cl)OB([O])OC(Cl)CCCCC. The fourth-order valence-electron chi connectivity index (χ4n) is 1.52. The molecule has 1 radical (unpaired) electrons. The van der Waals surface area contributed by atoms with Crippen LogP contribution in [0, 0.1) is 0 Å². The molecule has 18 heavy (non-hydrogen) atoms. The average molecular weight is 298 g/mol. The standard InChI is InChI=1S/C12H24BCl2O3/c1-3-5-7-9-11(14)17-13(16)18-12(15)10-8-6-4-2/h11-12H,3-10H2,1-2H3. The van der Waals surface area contributed by atoms with E-state index in [9.17, 15) is 5.02 Å². The normalized spacial score (nSPS) is 14.5. The molecule has 0 N–H and O–H groups in total. The van der Waals surface area contributed by atoms with Crippen LogP contribution in [0.4, 0.5) is 0 Å². The smallest absolute Gasteiger partial charge is 0.368 e. The molecule has 0 spiro atoms. The van der Waals surface area contributed by atoms with Crippen molar-refractivity contribution in [1.29, 1.82) is 0 Å². The van der Waals surface area contributed by atoms with Crippen molar-refractivity contribution < 1.29 is 14.3 Å². The van der Waals surface area contributed by atoms with E-state index in [-0.39, 0.29) is 0 Å². The van der Waals surface area contributed by atoms with Crippen LogP contribution in [0.3, 0.4) is 0 Å². The quantitative estimate of drug-likeness (QED) is 0.297. The molecule has 0 aromatic carbocycles. The predicted octanol–water partition coefficient (Wildman–Crippen LogP) is 4.73. The molecule has 2 unspecified atom stereocenters. The molecular weight excluding hydrogens is 274 g/mol. The summed E-state index contributed by atoms with van der Waals surface area (Å²) in [6.07, 6.45) is 7.65. The lowest BCUT2D eigenvalue weighted by atomic mass is 10.2. The van der Waals surface area contributed by atoms with Crippen molar-refractivity contribution in [1.82, 2.24) is 0 Å². The molecule has 6 heteroatoms. The summed E-state index contributed by atoms with van der Waals surface area (Å²) < 4.78 is 9.95. The first kappa shape index (κ1) is 18.5. The molecule has 0 fully saturated rings. The van der Waals surface area contributed by atoms with Gasteiger partial charge in [0.05, 0.1) is 0 Å². The van der Waals surface area contributed by atoms with Gasteiger partial charge in [-0.1, -0.05) is 62.7 Å². The molecule has 0 heterocycles. The van der Waals surface area contributed by atoms with Crippen LogP contribution < -0.4 is 0 Å². The summed E-state index contributed by atoms with van der Waals surface area (Å²) in [5, 5.41) is 11.4. The van der Waals surface area contributed by atoms with E-state index in [2.05, 4.69) is 13.8 Å². The van der Waals surface area contributed by atoms with Crippen LogP contribution in [0.25, 0.3) is 0 Å². The Morgan fingerprint density at radius 2 is 1.28 bits per heavy atom. The van der Waals surface area contributed by atoms with Gasteiger partial charge < -0.3 is 9.31 Å². The Morgan fingerprint density at radius 3 is 1.61 bits per heavy atom. The Balaban J connectivity index is 3.58. The van der Waals surface area contributed by atoms with Gasteiger partial charge in [0.15, 0.2) is 0 Å². The fraction of sp³-hybridized carbons (Fsp3) is 1.00. The number of hydrogen-bond acceptors (Lipinski definition) is 2. The summed E-state index contributed by atoms with van der Waals surface area (Å²) in [5.41, 5.74) is -1.17. The van der Waals surface area contributed by atoms with Gasteiger partial charge >= 0.3 is 7.32 Å². The van der Waals surface area contributed by atoms with Crippen LogP contribution >= 0.6 is 23.2 Å². The van der Waals surface area contributed by atoms with Crippen LogP contribution in [0.15, 0.2) is 0 Å². The van der Waals surface area contributed by atoms with Crippen molar-refractivity contribution in [2.45, 2.75) is 76.3 Å². The van der Waals surface area contributed by atoms with E-state index in [0.29, 0.717) is 12.8 Å². The van der Waals surface area contributed by atoms with E-state index in [4.69, 9.17) is 32.5 Å². The number of unbranched alkanes of at least 4 members (excludes halogenated alkanes) is 4. The van der Waals surface area contributed by atoms with Gasteiger partial charge in [-0.25, -0.2) is 5.02 Å². The highest BCUT2D eigenvalue weighted by Gasteiger charge is 2.25. The largest absolute Gasteiger partial charge is 0.669 e. The zero-order valence-electron chi connectivity index (χ0n) is 11.4. The first-order valence-corrected chi connectivity index (χ1v) is 7.72. The zero-order valence-corrected chi connectivity index (χ0v) is 12.9. The second-order valence-electron chi connectivity index (χ2n) is 4.37. The van der Waals surface area contributed by atoms with Crippen molar-refractivity contribution in [2.24, 2.45) is 0 Å². The van der Waals surface area contributed by atoms with Gasteiger partial charge in [-0.2, -0.15) is 0 Å². The third-order valence-corrected chi connectivity index (χ3v) is 3.23. The molecule has 0 saturated heterocycles. The lowest BCUT2D eigenvalue weighted by Crippen LogP contribution is -2.28. The first-order valence-electron chi connectivity index (χ1n) is 6.85. The molecule has 3 nitrogen and oxygen atoms in total. The summed E-state index contributed by atoms with van der Waals surface area (Å²) in [6, 6.07) is 0. The molecule has 0 amide bonds. The van der Waals surface area contributed by atoms with Gasteiger partial charge in [0, 0.05) is 0 Å². The summed E-state index contributed by atoms with van der Waals surface area (Å²) in [6.45, 7) is 4.22.